The van der Waals surface area contributed by atoms with Crippen molar-refractivity contribution in [1.29, 1.82) is 0 Å². The Kier molecular flexibility index (Phi) is 6.79. The van der Waals surface area contributed by atoms with Gasteiger partial charge in [-0.3, -0.25) is 4.79 Å². The van der Waals surface area contributed by atoms with Crippen molar-refractivity contribution in [2.45, 2.75) is 11.3 Å². The minimum absolute atomic E-state index is 0.138. The molecule has 6 nitrogen and oxygen atoms in total. The molecule has 8 heteroatoms. The van der Waals surface area contributed by atoms with E-state index in [1.807, 2.05) is 7.05 Å². The summed E-state index contributed by atoms with van der Waals surface area (Å²) in [4.78, 5) is 12.1. The molecule has 1 aromatic carbocycles. The normalized spacial score (nSPS) is 11.7. The summed E-state index contributed by atoms with van der Waals surface area (Å²) in [5.41, 5.74) is 0.420. The molecule has 0 aliphatic carbocycles. The Bertz CT molecular complexity index is 603. The maximum atomic E-state index is 12.1. The average Bonchev–Trinajstić information content (AvgIpc) is 2.42. The largest absolute Gasteiger partial charge is 0.352 e. The van der Waals surface area contributed by atoms with E-state index in [-0.39, 0.29) is 10.8 Å². The van der Waals surface area contributed by atoms with Crippen LogP contribution in [-0.2, 0) is 10.0 Å². The lowest BCUT2D eigenvalue weighted by atomic mass is 10.2. The van der Waals surface area contributed by atoms with E-state index in [0.717, 1.165) is 17.3 Å². The monoisotopic (exact) mass is 377 g/mol. The summed E-state index contributed by atoms with van der Waals surface area (Å²) in [6.45, 7) is 1.39. The van der Waals surface area contributed by atoms with Crippen molar-refractivity contribution < 1.29 is 13.2 Å². The molecule has 1 aromatic rings. The molecule has 0 unspecified atom stereocenters. The van der Waals surface area contributed by atoms with Crippen LogP contribution in [0.15, 0.2) is 27.6 Å². The van der Waals surface area contributed by atoms with Gasteiger partial charge >= 0.3 is 0 Å². The lowest BCUT2D eigenvalue weighted by molar-refractivity contribution is 0.0953. The highest BCUT2D eigenvalue weighted by atomic mass is 79.9. The predicted octanol–water partition coefficient (Wildman–Crippen LogP) is 1.04. The van der Waals surface area contributed by atoms with Crippen molar-refractivity contribution in [2.75, 3.05) is 34.2 Å². The second-order valence-corrected chi connectivity index (χ2v) is 7.62. The third kappa shape index (κ3) is 4.77. The molecule has 1 rings (SSSR count). The van der Waals surface area contributed by atoms with Gasteiger partial charge < -0.3 is 10.6 Å². The molecule has 0 saturated heterocycles. The molecule has 1 amide bonds. The highest BCUT2D eigenvalue weighted by Crippen LogP contribution is 2.25. The van der Waals surface area contributed by atoms with E-state index in [1.165, 1.54) is 32.3 Å². The van der Waals surface area contributed by atoms with Crippen molar-refractivity contribution in [1.82, 2.24) is 14.9 Å². The van der Waals surface area contributed by atoms with Gasteiger partial charge in [-0.05, 0) is 54.1 Å². The zero-order chi connectivity index (χ0) is 16.0. The molecule has 0 spiro atoms. The molecular formula is C13H20BrN3O3S. The lowest BCUT2D eigenvalue weighted by Crippen LogP contribution is -2.27. The number of sulfonamides is 1. The zero-order valence-corrected chi connectivity index (χ0v) is 14.7. The Morgan fingerprint density at radius 1 is 1.29 bits per heavy atom. The van der Waals surface area contributed by atoms with Crippen LogP contribution in [-0.4, -0.2) is 52.9 Å². The predicted molar refractivity (Wildman–Crippen MR) is 85.9 cm³/mol. The van der Waals surface area contributed by atoms with Gasteiger partial charge in [-0.2, -0.15) is 0 Å². The van der Waals surface area contributed by atoms with Crippen LogP contribution < -0.4 is 10.6 Å². The number of nitrogens with one attached hydrogen (secondary N) is 2. The summed E-state index contributed by atoms with van der Waals surface area (Å²) in [5, 5.41) is 5.78. The number of nitrogens with zero attached hydrogens (tertiary/aromatic N) is 1. The number of hydrogen-bond acceptors (Lipinski definition) is 4. The summed E-state index contributed by atoms with van der Waals surface area (Å²) in [6, 6.07) is 4.46. The van der Waals surface area contributed by atoms with Gasteiger partial charge in [0.15, 0.2) is 0 Å². The summed E-state index contributed by atoms with van der Waals surface area (Å²) >= 11 is 3.22. The number of rotatable bonds is 7. The zero-order valence-electron chi connectivity index (χ0n) is 12.3. The Balaban J connectivity index is 2.86. The number of benzene rings is 1. The van der Waals surface area contributed by atoms with Crippen LogP contribution in [0.5, 0.6) is 0 Å². The van der Waals surface area contributed by atoms with Crippen LogP contribution in [0, 0.1) is 0 Å². The van der Waals surface area contributed by atoms with Crippen molar-refractivity contribution in [3.05, 3.63) is 28.2 Å². The molecule has 0 saturated carbocycles. The maximum absolute atomic E-state index is 12.1. The summed E-state index contributed by atoms with van der Waals surface area (Å²) in [6.07, 6.45) is 0.830. The third-order valence-electron chi connectivity index (χ3n) is 2.84. The van der Waals surface area contributed by atoms with E-state index < -0.39 is 10.0 Å². The van der Waals surface area contributed by atoms with Crippen LogP contribution in [0.1, 0.15) is 16.8 Å². The number of carbonyl (C=O) groups is 1. The minimum atomic E-state index is -3.53. The fourth-order valence-corrected chi connectivity index (χ4v) is 3.55. The van der Waals surface area contributed by atoms with Gasteiger partial charge in [0, 0.05) is 30.7 Å². The molecule has 21 heavy (non-hydrogen) atoms. The van der Waals surface area contributed by atoms with Crippen LogP contribution in [0.3, 0.4) is 0 Å². The van der Waals surface area contributed by atoms with Gasteiger partial charge in [-0.15, -0.1) is 0 Å². The summed E-state index contributed by atoms with van der Waals surface area (Å²) < 4.78 is 25.6. The van der Waals surface area contributed by atoms with E-state index >= 15 is 0 Å². The lowest BCUT2D eigenvalue weighted by Gasteiger charge is -2.13. The number of amides is 1. The standard InChI is InChI=1S/C13H20BrN3O3S/c1-15-7-4-8-16-13(18)10-5-6-12(11(14)9-10)21(19,20)17(2)3/h5-6,9,15H,4,7-8H2,1-3H3,(H,16,18). The van der Waals surface area contributed by atoms with E-state index in [0.29, 0.717) is 16.6 Å². The topological polar surface area (TPSA) is 78.5 Å². The fraction of sp³-hybridized carbons (Fsp3) is 0.462. The average molecular weight is 378 g/mol. The Hall–Kier alpha value is -0.960. The molecule has 0 bridgehead atoms. The van der Waals surface area contributed by atoms with E-state index in [1.54, 1.807) is 0 Å². The van der Waals surface area contributed by atoms with Gasteiger partial charge in [0.25, 0.3) is 5.91 Å². The van der Waals surface area contributed by atoms with Crippen molar-refractivity contribution in [3.63, 3.8) is 0 Å². The SMILES string of the molecule is CNCCCNC(=O)c1ccc(S(=O)(=O)N(C)C)c(Br)c1. The number of hydrogen-bond donors (Lipinski definition) is 2. The molecule has 0 aromatic heterocycles. The van der Waals surface area contributed by atoms with E-state index in [9.17, 15) is 13.2 Å². The molecule has 0 atom stereocenters. The van der Waals surface area contributed by atoms with Gasteiger partial charge in [-0.1, -0.05) is 0 Å². The molecule has 0 aliphatic heterocycles. The molecule has 2 N–H and O–H groups in total. The first-order valence-electron chi connectivity index (χ1n) is 6.45. The first kappa shape index (κ1) is 18.1. The molecule has 118 valence electrons. The second kappa shape index (κ2) is 7.88. The molecule has 0 aliphatic rings. The van der Waals surface area contributed by atoms with Crippen molar-refractivity contribution >= 4 is 31.9 Å². The van der Waals surface area contributed by atoms with Gasteiger partial charge in [0.05, 0.1) is 4.90 Å². The Labute approximate surface area is 134 Å². The van der Waals surface area contributed by atoms with E-state index in [2.05, 4.69) is 26.6 Å². The second-order valence-electron chi connectivity index (χ2n) is 4.65. The van der Waals surface area contributed by atoms with Crippen LogP contribution in [0.2, 0.25) is 0 Å². The minimum Gasteiger partial charge on any atom is -0.352 e. The van der Waals surface area contributed by atoms with E-state index in [4.69, 9.17) is 0 Å². The summed E-state index contributed by atoms with van der Waals surface area (Å²) in [5.74, 6) is -0.222. The Morgan fingerprint density at radius 3 is 2.48 bits per heavy atom. The van der Waals surface area contributed by atoms with Crippen LogP contribution in [0.25, 0.3) is 0 Å². The molecule has 0 heterocycles. The molecule has 0 fully saturated rings. The van der Waals surface area contributed by atoms with Gasteiger partial charge in [-0.25, -0.2) is 12.7 Å². The first-order chi connectivity index (χ1) is 9.80. The summed E-state index contributed by atoms with van der Waals surface area (Å²) in [7, 11) is 1.25. The third-order valence-corrected chi connectivity index (χ3v) is 5.63. The maximum Gasteiger partial charge on any atom is 0.251 e. The van der Waals surface area contributed by atoms with Crippen molar-refractivity contribution in [2.24, 2.45) is 0 Å². The van der Waals surface area contributed by atoms with Crippen LogP contribution in [0.4, 0.5) is 0 Å². The molecule has 0 radical (unpaired) electrons. The number of halogens is 1. The first-order valence-corrected chi connectivity index (χ1v) is 8.69. The quantitative estimate of drug-likeness (QED) is 0.695. The highest BCUT2D eigenvalue weighted by Gasteiger charge is 2.21. The number of carbonyl (C=O) groups excluding carboxylic acids is 1. The van der Waals surface area contributed by atoms with Gasteiger partial charge in [0.2, 0.25) is 10.0 Å². The smallest absolute Gasteiger partial charge is 0.251 e. The van der Waals surface area contributed by atoms with Crippen molar-refractivity contribution in [3.8, 4) is 0 Å². The fourth-order valence-electron chi connectivity index (χ4n) is 1.62. The van der Waals surface area contributed by atoms with Gasteiger partial charge in [0.1, 0.15) is 0 Å². The highest BCUT2D eigenvalue weighted by molar-refractivity contribution is 9.10. The van der Waals surface area contributed by atoms with Crippen LogP contribution >= 0.6 is 15.9 Å². The Morgan fingerprint density at radius 2 is 1.95 bits per heavy atom. The molecular weight excluding hydrogens is 358 g/mol.